The Labute approximate surface area is 206 Å². The summed E-state index contributed by atoms with van der Waals surface area (Å²) >= 11 is 0. The van der Waals surface area contributed by atoms with Gasteiger partial charge in [-0.1, -0.05) is 18.2 Å². The lowest BCUT2D eigenvalue weighted by molar-refractivity contribution is -0.131. The number of carbonyl (C=O) groups excluding carboxylic acids is 1. The van der Waals surface area contributed by atoms with E-state index in [0.717, 1.165) is 24.5 Å². The third-order valence-electron chi connectivity index (χ3n) is 5.51. The van der Waals surface area contributed by atoms with Gasteiger partial charge in [-0.3, -0.25) is 9.79 Å². The van der Waals surface area contributed by atoms with Gasteiger partial charge in [0.1, 0.15) is 11.6 Å². The highest BCUT2D eigenvalue weighted by atomic mass is 127. The van der Waals surface area contributed by atoms with Crippen molar-refractivity contribution in [1.82, 2.24) is 20.5 Å². The minimum atomic E-state index is -0.220. The summed E-state index contributed by atoms with van der Waals surface area (Å²) in [5.41, 5.74) is 1.46. The van der Waals surface area contributed by atoms with E-state index in [1.807, 2.05) is 36.1 Å². The molecule has 1 aliphatic rings. The molecule has 1 aliphatic heterocycles. The van der Waals surface area contributed by atoms with Crippen LogP contribution >= 0.6 is 24.0 Å². The van der Waals surface area contributed by atoms with Crippen LogP contribution in [0.2, 0.25) is 0 Å². The maximum Gasteiger partial charge on any atom is 0.224 e. The van der Waals surface area contributed by atoms with Gasteiger partial charge in [-0.15, -0.1) is 24.0 Å². The van der Waals surface area contributed by atoms with Crippen molar-refractivity contribution in [3.8, 4) is 0 Å². The smallest absolute Gasteiger partial charge is 0.224 e. The van der Waals surface area contributed by atoms with Crippen molar-refractivity contribution in [3.05, 3.63) is 59.5 Å². The third kappa shape index (κ3) is 7.04. The average molecular weight is 554 g/mol. The Bertz CT molecular complexity index is 903. The van der Waals surface area contributed by atoms with Gasteiger partial charge in [0.25, 0.3) is 0 Å². The number of benzene rings is 1. The molecular formula is C23H32FIN6O. The molecule has 1 saturated heterocycles. The van der Waals surface area contributed by atoms with Gasteiger partial charge < -0.3 is 20.4 Å². The molecule has 1 unspecified atom stereocenters. The summed E-state index contributed by atoms with van der Waals surface area (Å²) in [5.74, 6) is 1.44. The lowest BCUT2D eigenvalue weighted by Gasteiger charge is -2.35. The molecule has 0 radical (unpaired) electrons. The zero-order chi connectivity index (χ0) is 22.2. The number of pyridine rings is 1. The van der Waals surface area contributed by atoms with E-state index >= 15 is 0 Å². The van der Waals surface area contributed by atoms with Crippen molar-refractivity contribution in [2.75, 3.05) is 44.7 Å². The normalized spacial score (nSPS) is 15.1. The second-order valence-electron chi connectivity index (χ2n) is 7.68. The molecule has 1 fully saturated rings. The molecule has 9 heteroatoms. The van der Waals surface area contributed by atoms with Gasteiger partial charge in [0.2, 0.25) is 5.91 Å². The first kappa shape index (κ1) is 25.8. The Balaban J connectivity index is 0.00000363. The number of aromatic nitrogens is 1. The van der Waals surface area contributed by atoms with Gasteiger partial charge in [-0.2, -0.15) is 0 Å². The minimum Gasteiger partial charge on any atom is -0.356 e. The lowest BCUT2D eigenvalue weighted by atomic mass is 10.1. The predicted octanol–water partition coefficient (Wildman–Crippen LogP) is 3.11. The second-order valence-corrected chi connectivity index (χ2v) is 7.68. The van der Waals surface area contributed by atoms with Gasteiger partial charge in [0.15, 0.2) is 5.96 Å². The number of anilines is 1. The number of nitrogens with one attached hydrogen (secondary N) is 2. The zero-order valence-corrected chi connectivity index (χ0v) is 21.2. The van der Waals surface area contributed by atoms with E-state index in [4.69, 9.17) is 0 Å². The number of guanidine groups is 1. The molecule has 1 atom stereocenters. The van der Waals surface area contributed by atoms with E-state index < -0.39 is 0 Å². The van der Waals surface area contributed by atoms with Gasteiger partial charge in [-0.25, -0.2) is 9.37 Å². The number of nitrogens with zero attached hydrogens (tertiary/aromatic N) is 4. The largest absolute Gasteiger partial charge is 0.356 e. The predicted molar refractivity (Wildman–Crippen MR) is 137 cm³/mol. The fraction of sp³-hybridized carbons (Fsp3) is 0.435. The first-order chi connectivity index (χ1) is 15.0. The molecule has 32 heavy (non-hydrogen) atoms. The van der Waals surface area contributed by atoms with Crippen molar-refractivity contribution in [3.63, 3.8) is 0 Å². The van der Waals surface area contributed by atoms with Crippen molar-refractivity contribution in [2.45, 2.75) is 26.3 Å². The van der Waals surface area contributed by atoms with E-state index in [2.05, 4.69) is 25.5 Å². The van der Waals surface area contributed by atoms with Crippen molar-refractivity contribution in [2.24, 2.45) is 4.99 Å². The quantitative estimate of drug-likeness (QED) is 0.326. The standard InChI is InChI=1S/C23H31FN6O.HI/c1-17-7-8-19(16-20(17)24)18(2)28-23(25-3)27-11-9-22(31)30-14-12-29(13-15-30)21-6-4-5-10-26-21;/h4-8,10,16,18H,9,11-15H2,1-3H3,(H2,25,27,28);1H. The van der Waals surface area contributed by atoms with E-state index in [-0.39, 0.29) is 41.7 Å². The van der Waals surface area contributed by atoms with Crippen molar-refractivity contribution >= 4 is 41.7 Å². The molecule has 0 spiro atoms. The Kier molecular flexibility index (Phi) is 10.1. The monoisotopic (exact) mass is 554 g/mol. The van der Waals surface area contributed by atoms with Gasteiger partial charge >= 0.3 is 0 Å². The van der Waals surface area contributed by atoms with Crippen LogP contribution in [0.4, 0.5) is 10.2 Å². The van der Waals surface area contributed by atoms with Crippen LogP contribution in [0, 0.1) is 12.7 Å². The van der Waals surface area contributed by atoms with Gasteiger partial charge in [0, 0.05) is 52.4 Å². The molecule has 2 N–H and O–H groups in total. The highest BCUT2D eigenvalue weighted by Crippen LogP contribution is 2.16. The summed E-state index contributed by atoms with van der Waals surface area (Å²) in [5, 5.41) is 6.42. The van der Waals surface area contributed by atoms with E-state index in [9.17, 15) is 9.18 Å². The Morgan fingerprint density at radius 3 is 2.59 bits per heavy atom. The van der Waals surface area contributed by atoms with E-state index in [1.165, 1.54) is 6.07 Å². The third-order valence-corrected chi connectivity index (χ3v) is 5.51. The van der Waals surface area contributed by atoms with Crippen LogP contribution < -0.4 is 15.5 Å². The summed E-state index contributed by atoms with van der Waals surface area (Å²) in [6, 6.07) is 11.0. The molecule has 2 aromatic rings. The molecule has 0 aliphatic carbocycles. The van der Waals surface area contributed by atoms with Crippen LogP contribution in [-0.4, -0.2) is 61.5 Å². The van der Waals surface area contributed by atoms with Crippen LogP contribution in [0.1, 0.15) is 30.5 Å². The minimum absolute atomic E-state index is 0. The van der Waals surface area contributed by atoms with Crippen LogP contribution in [0.3, 0.4) is 0 Å². The van der Waals surface area contributed by atoms with Crippen molar-refractivity contribution in [1.29, 1.82) is 0 Å². The summed E-state index contributed by atoms with van der Waals surface area (Å²) in [7, 11) is 1.68. The summed E-state index contributed by atoms with van der Waals surface area (Å²) < 4.78 is 13.8. The fourth-order valence-electron chi connectivity index (χ4n) is 3.53. The number of hydrogen-bond donors (Lipinski definition) is 2. The van der Waals surface area contributed by atoms with Crippen LogP contribution in [-0.2, 0) is 4.79 Å². The highest BCUT2D eigenvalue weighted by Gasteiger charge is 2.21. The maximum atomic E-state index is 13.8. The number of amides is 1. The van der Waals surface area contributed by atoms with Gasteiger partial charge in [0.05, 0.1) is 6.04 Å². The first-order valence-electron chi connectivity index (χ1n) is 10.6. The van der Waals surface area contributed by atoms with Crippen LogP contribution in [0.25, 0.3) is 0 Å². The number of aliphatic imine (C=N–C) groups is 1. The number of hydrogen-bond acceptors (Lipinski definition) is 4. The number of piperazine rings is 1. The van der Waals surface area contributed by atoms with Crippen LogP contribution in [0.15, 0.2) is 47.6 Å². The maximum absolute atomic E-state index is 13.8. The van der Waals surface area contributed by atoms with E-state index in [0.29, 0.717) is 37.6 Å². The molecule has 1 amide bonds. The molecule has 0 saturated carbocycles. The molecule has 174 valence electrons. The fourth-order valence-corrected chi connectivity index (χ4v) is 3.53. The number of aryl methyl sites for hydroxylation is 1. The first-order valence-corrected chi connectivity index (χ1v) is 10.6. The number of rotatable bonds is 6. The summed E-state index contributed by atoms with van der Waals surface area (Å²) in [4.78, 5) is 25.3. The molecule has 1 aromatic heterocycles. The summed E-state index contributed by atoms with van der Waals surface area (Å²) in [6.45, 7) is 7.12. The molecule has 1 aromatic carbocycles. The van der Waals surface area contributed by atoms with Crippen molar-refractivity contribution < 1.29 is 9.18 Å². The number of halogens is 2. The second kappa shape index (κ2) is 12.6. The Hall–Kier alpha value is -2.43. The molecule has 2 heterocycles. The highest BCUT2D eigenvalue weighted by molar-refractivity contribution is 14.0. The Morgan fingerprint density at radius 2 is 1.97 bits per heavy atom. The lowest BCUT2D eigenvalue weighted by Crippen LogP contribution is -2.49. The molecule has 3 rings (SSSR count). The summed E-state index contributed by atoms with van der Waals surface area (Å²) in [6.07, 6.45) is 2.17. The molecule has 7 nitrogen and oxygen atoms in total. The van der Waals surface area contributed by atoms with E-state index in [1.54, 1.807) is 26.2 Å². The average Bonchev–Trinajstić information content (AvgIpc) is 2.80. The van der Waals surface area contributed by atoms with Crippen LogP contribution in [0.5, 0.6) is 0 Å². The number of carbonyl (C=O) groups is 1. The topological polar surface area (TPSA) is 72.9 Å². The molecule has 0 bridgehead atoms. The molecular weight excluding hydrogens is 522 g/mol. The Morgan fingerprint density at radius 1 is 1.22 bits per heavy atom. The zero-order valence-electron chi connectivity index (χ0n) is 18.8. The SMILES string of the molecule is CN=C(NCCC(=O)N1CCN(c2ccccn2)CC1)NC(C)c1ccc(C)c(F)c1.I. The van der Waals surface area contributed by atoms with Gasteiger partial charge in [-0.05, 0) is 43.2 Å².